The average Bonchev–Trinajstić information content (AvgIpc) is 2.98. The Balaban J connectivity index is 2.09. The summed E-state index contributed by atoms with van der Waals surface area (Å²) in [5.74, 6) is 2.93. The molecule has 6 nitrogen and oxygen atoms in total. The Morgan fingerprint density at radius 2 is 2.00 bits per heavy atom. The molecule has 2 aromatic heterocycles. The highest BCUT2D eigenvalue weighted by atomic mass is 32.2. The van der Waals surface area contributed by atoms with Crippen molar-refractivity contribution in [3.63, 3.8) is 0 Å². The molecule has 0 aliphatic carbocycles. The zero-order chi connectivity index (χ0) is 18.2. The van der Waals surface area contributed by atoms with E-state index in [1.165, 1.54) is 0 Å². The van der Waals surface area contributed by atoms with Crippen molar-refractivity contribution >= 4 is 27.7 Å². The summed E-state index contributed by atoms with van der Waals surface area (Å²) in [6.45, 7) is 8.06. The smallest absolute Gasteiger partial charge is 0.151 e. The van der Waals surface area contributed by atoms with Gasteiger partial charge >= 0.3 is 0 Å². The van der Waals surface area contributed by atoms with Gasteiger partial charge in [0.05, 0.1) is 5.52 Å². The number of anilines is 1. The van der Waals surface area contributed by atoms with Crippen LogP contribution in [-0.4, -0.2) is 36.9 Å². The van der Waals surface area contributed by atoms with E-state index in [1.807, 2.05) is 13.8 Å². The quantitative estimate of drug-likeness (QED) is 0.618. The lowest BCUT2D eigenvalue weighted by atomic mass is 10.2. The number of unbranched alkanes of at least 4 members (excludes halogenated alkanes) is 2. The highest BCUT2D eigenvalue weighted by molar-refractivity contribution is 7.84. The molecule has 0 saturated heterocycles. The molecule has 140 valence electrons. The lowest BCUT2D eigenvalue weighted by Gasteiger charge is -2.10. The van der Waals surface area contributed by atoms with E-state index in [-0.39, 0.29) is 0 Å². The van der Waals surface area contributed by atoms with Crippen LogP contribution in [0.4, 0.5) is 5.82 Å². The van der Waals surface area contributed by atoms with Gasteiger partial charge in [-0.3, -0.25) is 4.21 Å². The van der Waals surface area contributed by atoms with E-state index >= 15 is 0 Å². The predicted molar refractivity (Wildman–Crippen MR) is 104 cm³/mol. The summed E-state index contributed by atoms with van der Waals surface area (Å²) >= 11 is 0. The van der Waals surface area contributed by atoms with Gasteiger partial charge < -0.3 is 15.0 Å². The number of nitrogens with zero attached hydrogens (tertiary/aromatic N) is 3. The van der Waals surface area contributed by atoms with E-state index in [0.717, 1.165) is 66.2 Å². The van der Waals surface area contributed by atoms with Crippen LogP contribution in [-0.2, 0) is 28.7 Å². The Morgan fingerprint density at radius 1 is 1.24 bits per heavy atom. The number of imidazole rings is 1. The summed E-state index contributed by atoms with van der Waals surface area (Å²) in [5.41, 5.74) is 8.86. The number of nitrogens with two attached hydrogens (primary N) is 1. The largest absolute Gasteiger partial charge is 0.382 e. The second kappa shape index (κ2) is 9.87. The predicted octanol–water partition coefficient (Wildman–Crippen LogP) is 3.19. The minimum absolute atomic E-state index is 0.456. The van der Waals surface area contributed by atoms with Gasteiger partial charge in [-0.1, -0.05) is 13.3 Å². The fraction of sp³-hybridized carbons (Fsp3) is 0.667. The second-order valence-corrected chi connectivity index (χ2v) is 7.95. The Morgan fingerprint density at radius 3 is 2.72 bits per heavy atom. The van der Waals surface area contributed by atoms with E-state index in [1.54, 1.807) is 6.20 Å². The number of pyridine rings is 1. The fourth-order valence-electron chi connectivity index (χ4n) is 2.85. The SMILES string of the molecule is CCCCS(=O)CCCCn1c(COCC)nc2c(N)ncc(C)c21. The third kappa shape index (κ3) is 5.25. The van der Waals surface area contributed by atoms with Crippen LogP contribution >= 0.6 is 0 Å². The number of rotatable bonds is 11. The van der Waals surface area contributed by atoms with Crippen LogP contribution in [0, 0.1) is 6.92 Å². The lowest BCUT2D eigenvalue weighted by molar-refractivity contribution is 0.126. The van der Waals surface area contributed by atoms with E-state index in [4.69, 9.17) is 10.5 Å². The minimum Gasteiger partial charge on any atom is -0.382 e. The van der Waals surface area contributed by atoms with Crippen LogP contribution in [0.15, 0.2) is 6.20 Å². The van der Waals surface area contributed by atoms with Gasteiger partial charge in [0.1, 0.15) is 17.9 Å². The molecule has 0 spiro atoms. The van der Waals surface area contributed by atoms with E-state index < -0.39 is 10.8 Å². The molecule has 0 aliphatic heterocycles. The van der Waals surface area contributed by atoms with Gasteiger partial charge in [0, 0.05) is 41.7 Å². The van der Waals surface area contributed by atoms with Gasteiger partial charge in [-0.05, 0) is 38.7 Å². The lowest BCUT2D eigenvalue weighted by Crippen LogP contribution is -2.09. The molecule has 0 aliphatic rings. The first-order chi connectivity index (χ1) is 12.1. The number of ether oxygens (including phenoxy) is 1. The summed E-state index contributed by atoms with van der Waals surface area (Å²) in [4.78, 5) is 8.87. The van der Waals surface area contributed by atoms with Crippen LogP contribution in [0.3, 0.4) is 0 Å². The van der Waals surface area contributed by atoms with Crippen LogP contribution < -0.4 is 5.73 Å². The number of fused-ring (bicyclic) bond motifs is 1. The molecule has 2 aromatic rings. The average molecular weight is 367 g/mol. The third-order valence-corrected chi connectivity index (χ3v) is 5.71. The number of aryl methyl sites for hydroxylation is 2. The molecule has 1 atom stereocenters. The van der Waals surface area contributed by atoms with Gasteiger partial charge in [-0.25, -0.2) is 9.97 Å². The standard InChI is InChI=1S/C18H30N4O2S/c1-4-6-10-25(23)11-8-7-9-22-15(13-24-5-2)21-16-17(22)14(3)12-20-18(16)19/h12H,4-11,13H2,1-3H3,(H2,19,20). The van der Waals surface area contributed by atoms with E-state index in [2.05, 4.69) is 21.5 Å². The minimum atomic E-state index is -0.693. The maximum absolute atomic E-state index is 11.9. The second-order valence-electron chi connectivity index (χ2n) is 6.25. The van der Waals surface area contributed by atoms with Gasteiger partial charge in [-0.15, -0.1) is 0 Å². The molecule has 2 heterocycles. The molecule has 7 heteroatoms. The normalized spacial score (nSPS) is 12.8. The number of aromatic nitrogens is 3. The zero-order valence-corrected chi connectivity index (χ0v) is 16.4. The molecule has 0 bridgehead atoms. The van der Waals surface area contributed by atoms with Gasteiger partial charge in [0.15, 0.2) is 5.82 Å². The Labute approximate surface area is 152 Å². The summed E-state index contributed by atoms with van der Waals surface area (Å²) in [6.07, 6.45) is 5.85. The van der Waals surface area contributed by atoms with Crippen molar-refractivity contribution in [1.82, 2.24) is 14.5 Å². The molecular weight excluding hydrogens is 336 g/mol. The molecule has 25 heavy (non-hydrogen) atoms. The molecule has 2 N–H and O–H groups in total. The van der Waals surface area contributed by atoms with Gasteiger partial charge in [-0.2, -0.15) is 0 Å². The van der Waals surface area contributed by atoms with E-state index in [0.29, 0.717) is 19.0 Å². The van der Waals surface area contributed by atoms with Crippen molar-refractivity contribution in [3.05, 3.63) is 17.6 Å². The van der Waals surface area contributed by atoms with Crippen molar-refractivity contribution in [2.45, 2.75) is 59.6 Å². The van der Waals surface area contributed by atoms with Crippen LogP contribution in [0.5, 0.6) is 0 Å². The molecule has 0 saturated carbocycles. The molecule has 2 rings (SSSR count). The van der Waals surface area contributed by atoms with Crippen molar-refractivity contribution in [3.8, 4) is 0 Å². The van der Waals surface area contributed by atoms with Crippen LogP contribution in [0.2, 0.25) is 0 Å². The Kier molecular flexibility index (Phi) is 7.84. The molecule has 1 unspecified atom stereocenters. The molecule has 0 radical (unpaired) electrons. The molecule has 0 amide bonds. The maximum atomic E-state index is 11.9. The van der Waals surface area contributed by atoms with Crippen molar-refractivity contribution in [2.24, 2.45) is 0 Å². The third-order valence-electron chi connectivity index (χ3n) is 4.22. The zero-order valence-electron chi connectivity index (χ0n) is 15.6. The highest BCUT2D eigenvalue weighted by Crippen LogP contribution is 2.24. The van der Waals surface area contributed by atoms with E-state index in [9.17, 15) is 4.21 Å². The number of hydrogen-bond donors (Lipinski definition) is 1. The number of nitrogen functional groups attached to an aromatic ring is 1. The van der Waals surface area contributed by atoms with Crippen molar-refractivity contribution < 1.29 is 8.95 Å². The highest BCUT2D eigenvalue weighted by Gasteiger charge is 2.15. The van der Waals surface area contributed by atoms with Gasteiger partial charge in [0.2, 0.25) is 0 Å². The molecular formula is C18H30N4O2S. The topological polar surface area (TPSA) is 83.0 Å². The maximum Gasteiger partial charge on any atom is 0.151 e. The fourth-order valence-corrected chi connectivity index (χ4v) is 4.19. The first-order valence-electron chi connectivity index (χ1n) is 9.11. The van der Waals surface area contributed by atoms with Gasteiger partial charge in [0.25, 0.3) is 0 Å². The van der Waals surface area contributed by atoms with Crippen LogP contribution in [0.1, 0.15) is 50.9 Å². The molecule has 0 fully saturated rings. The first kappa shape index (κ1) is 19.8. The Hall–Kier alpha value is -1.47. The first-order valence-corrected chi connectivity index (χ1v) is 10.6. The summed E-state index contributed by atoms with van der Waals surface area (Å²) in [6, 6.07) is 0. The summed E-state index contributed by atoms with van der Waals surface area (Å²) in [7, 11) is -0.693. The van der Waals surface area contributed by atoms with Crippen molar-refractivity contribution in [1.29, 1.82) is 0 Å². The molecule has 0 aromatic carbocycles. The monoisotopic (exact) mass is 366 g/mol. The number of hydrogen-bond acceptors (Lipinski definition) is 5. The Bertz CT molecular complexity index is 715. The summed E-state index contributed by atoms with van der Waals surface area (Å²) < 4.78 is 19.7. The van der Waals surface area contributed by atoms with Crippen LogP contribution in [0.25, 0.3) is 11.0 Å². The summed E-state index contributed by atoms with van der Waals surface area (Å²) in [5, 5.41) is 0. The van der Waals surface area contributed by atoms with Crippen molar-refractivity contribution in [2.75, 3.05) is 23.8 Å².